The van der Waals surface area contributed by atoms with E-state index in [1.165, 1.54) is 18.9 Å². The summed E-state index contributed by atoms with van der Waals surface area (Å²) in [5.74, 6) is 0.441. The molecule has 0 atom stereocenters. The highest BCUT2D eigenvalue weighted by Gasteiger charge is 2.25. The van der Waals surface area contributed by atoms with Crippen molar-refractivity contribution in [3.63, 3.8) is 0 Å². The zero-order chi connectivity index (χ0) is 15.0. The van der Waals surface area contributed by atoms with Crippen molar-refractivity contribution in [3.8, 4) is 11.5 Å². The number of carbonyl (C=O) groups is 1. The maximum atomic E-state index is 12.3. The van der Waals surface area contributed by atoms with Gasteiger partial charge in [0.05, 0.1) is 16.5 Å². The molecule has 0 spiro atoms. The van der Waals surface area contributed by atoms with E-state index in [9.17, 15) is 9.90 Å². The zero-order valence-electron chi connectivity index (χ0n) is 11.1. The molecule has 1 aliphatic rings. The molecular weight excluding hydrogens is 352 g/mol. The van der Waals surface area contributed by atoms with Crippen LogP contribution in [0.1, 0.15) is 15.9 Å². The van der Waals surface area contributed by atoms with Gasteiger partial charge in [0.1, 0.15) is 0 Å². The van der Waals surface area contributed by atoms with Crippen molar-refractivity contribution in [2.24, 2.45) is 0 Å². The second kappa shape index (κ2) is 5.58. The lowest BCUT2D eigenvalue weighted by atomic mass is 10.1. The Labute approximate surface area is 134 Å². The van der Waals surface area contributed by atoms with Gasteiger partial charge in [0.2, 0.25) is 5.78 Å². The molecule has 106 valence electrons. The SMILES string of the molecule is COc1cc(C=C2Sc3ccccc3C2=O)cc(Br)c1O. The highest BCUT2D eigenvalue weighted by molar-refractivity contribution is 9.10. The number of thioether (sulfide) groups is 1. The average molecular weight is 363 g/mol. The normalized spacial score (nSPS) is 15.3. The van der Waals surface area contributed by atoms with Crippen LogP contribution >= 0.6 is 27.7 Å². The fourth-order valence-electron chi connectivity index (χ4n) is 2.12. The number of ether oxygens (including phenoxy) is 1. The molecule has 1 aliphatic heterocycles. The van der Waals surface area contributed by atoms with Gasteiger partial charge in [-0.05, 0) is 51.8 Å². The Morgan fingerprint density at radius 1 is 1.29 bits per heavy atom. The number of rotatable bonds is 2. The molecule has 0 radical (unpaired) electrons. The maximum Gasteiger partial charge on any atom is 0.200 e. The predicted octanol–water partition coefficient (Wildman–Crippen LogP) is 4.49. The number of aromatic hydroxyl groups is 1. The molecule has 5 heteroatoms. The van der Waals surface area contributed by atoms with Gasteiger partial charge in [0, 0.05) is 10.5 Å². The summed E-state index contributed by atoms with van der Waals surface area (Å²) in [4.78, 5) is 14.0. The molecule has 1 heterocycles. The summed E-state index contributed by atoms with van der Waals surface area (Å²) in [6, 6.07) is 11.0. The fourth-order valence-corrected chi connectivity index (χ4v) is 3.63. The number of benzene rings is 2. The Morgan fingerprint density at radius 2 is 2.05 bits per heavy atom. The fraction of sp³-hybridized carbons (Fsp3) is 0.0625. The number of phenols is 1. The van der Waals surface area contributed by atoms with Gasteiger partial charge in [0.15, 0.2) is 11.5 Å². The van der Waals surface area contributed by atoms with Crippen LogP contribution in [0.15, 0.2) is 50.7 Å². The smallest absolute Gasteiger partial charge is 0.200 e. The van der Waals surface area contributed by atoms with Gasteiger partial charge in [-0.3, -0.25) is 4.79 Å². The lowest BCUT2D eigenvalue weighted by molar-refractivity contribution is 0.104. The molecule has 2 aromatic rings. The van der Waals surface area contributed by atoms with E-state index in [1.54, 1.807) is 18.2 Å². The molecule has 0 saturated carbocycles. The van der Waals surface area contributed by atoms with Gasteiger partial charge in [-0.15, -0.1) is 0 Å². The maximum absolute atomic E-state index is 12.3. The molecule has 0 fully saturated rings. The van der Waals surface area contributed by atoms with Gasteiger partial charge in [-0.2, -0.15) is 0 Å². The summed E-state index contributed by atoms with van der Waals surface area (Å²) in [6.07, 6.45) is 1.81. The highest BCUT2D eigenvalue weighted by atomic mass is 79.9. The molecule has 0 saturated heterocycles. The standard InChI is InChI=1S/C16H11BrO3S/c1-20-12-7-9(6-11(17)16(12)19)8-14-15(18)10-4-2-3-5-13(10)21-14/h2-8,19H,1H3. The van der Waals surface area contributed by atoms with Crippen molar-refractivity contribution in [2.75, 3.05) is 7.11 Å². The van der Waals surface area contributed by atoms with Gasteiger partial charge in [0.25, 0.3) is 0 Å². The minimum Gasteiger partial charge on any atom is -0.503 e. The summed E-state index contributed by atoms with van der Waals surface area (Å²) in [5, 5.41) is 9.81. The largest absolute Gasteiger partial charge is 0.503 e. The first-order valence-corrected chi connectivity index (χ1v) is 7.81. The Bertz CT molecular complexity index is 768. The number of hydrogen-bond acceptors (Lipinski definition) is 4. The molecule has 0 amide bonds. The average Bonchev–Trinajstić information content (AvgIpc) is 2.79. The summed E-state index contributed by atoms with van der Waals surface area (Å²) in [7, 11) is 1.49. The molecule has 0 unspecified atom stereocenters. The number of carbonyl (C=O) groups excluding carboxylic acids is 1. The van der Waals surface area contributed by atoms with Crippen LogP contribution in [0.5, 0.6) is 11.5 Å². The van der Waals surface area contributed by atoms with Crippen molar-refractivity contribution >= 4 is 39.6 Å². The summed E-state index contributed by atoms with van der Waals surface area (Å²) in [6.45, 7) is 0. The predicted molar refractivity (Wildman–Crippen MR) is 87.0 cm³/mol. The molecule has 21 heavy (non-hydrogen) atoms. The lowest BCUT2D eigenvalue weighted by Crippen LogP contribution is -1.94. The molecule has 0 bridgehead atoms. The number of Topliss-reactive ketones (excluding diaryl/α,β-unsaturated/α-hetero) is 1. The van der Waals surface area contributed by atoms with Crippen molar-refractivity contribution in [1.82, 2.24) is 0 Å². The third-order valence-electron chi connectivity index (χ3n) is 3.14. The topological polar surface area (TPSA) is 46.5 Å². The number of allylic oxidation sites excluding steroid dienone is 1. The van der Waals surface area contributed by atoms with Crippen LogP contribution in [-0.4, -0.2) is 18.0 Å². The van der Waals surface area contributed by atoms with Crippen molar-refractivity contribution in [3.05, 3.63) is 56.9 Å². The van der Waals surface area contributed by atoms with E-state index in [4.69, 9.17) is 4.74 Å². The van der Waals surface area contributed by atoms with E-state index in [-0.39, 0.29) is 11.5 Å². The number of phenolic OH excluding ortho intramolecular Hbond substituents is 1. The second-order valence-corrected chi connectivity index (χ2v) is 6.43. The van der Waals surface area contributed by atoms with Gasteiger partial charge >= 0.3 is 0 Å². The number of hydrogen-bond donors (Lipinski definition) is 1. The Kier molecular flexibility index (Phi) is 3.78. The van der Waals surface area contributed by atoms with Crippen LogP contribution in [0.2, 0.25) is 0 Å². The van der Waals surface area contributed by atoms with Crippen molar-refractivity contribution < 1.29 is 14.6 Å². The number of halogens is 1. The molecule has 3 nitrogen and oxygen atoms in total. The summed E-state index contributed by atoms with van der Waals surface area (Å²) < 4.78 is 5.65. The monoisotopic (exact) mass is 362 g/mol. The van der Waals surface area contributed by atoms with Gasteiger partial charge in [-0.1, -0.05) is 23.9 Å². The van der Waals surface area contributed by atoms with E-state index < -0.39 is 0 Å². The van der Waals surface area contributed by atoms with Gasteiger partial charge < -0.3 is 9.84 Å². The first kappa shape index (κ1) is 14.2. The van der Waals surface area contributed by atoms with Crippen LogP contribution in [0.3, 0.4) is 0 Å². The molecular formula is C16H11BrO3S. The second-order valence-electron chi connectivity index (χ2n) is 4.49. The number of methoxy groups -OCH3 is 1. The van der Waals surface area contributed by atoms with E-state index in [1.807, 2.05) is 24.3 Å². The van der Waals surface area contributed by atoms with Crippen molar-refractivity contribution in [2.45, 2.75) is 4.90 Å². The first-order chi connectivity index (χ1) is 10.1. The third kappa shape index (κ3) is 2.59. The zero-order valence-corrected chi connectivity index (χ0v) is 13.5. The Hall–Kier alpha value is -1.72. The van der Waals surface area contributed by atoms with E-state index >= 15 is 0 Å². The van der Waals surface area contributed by atoms with Crippen LogP contribution in [0.4, 0.5) is 0 Å². The third-order valence-corrected chi connectivity index (χ3v) is 4.85. The van der Waals surface area contributed by atoms with Crippen LogP contribution in [-0.2, 0) is 0 Å². The van der Waals surface area contributed by atoms with E-state index in [0.29, 0.717) is 15.1 Å². The van der Waals surface area contributed by atoms with Gasteiger partial charge in [-0.25, -0.2) is 0 Å². The molecule has 2 aromatic carbocycles. The van der Waals surface area contributed by atoms with Crippen molar-refractivity contribution in [1.29, 1.82) is 0 Å². The highest BCUT2D eigenvalue weighted by Crippen LogP contribution is 2.42. The van der Waals surface area contributed by atoms with Crippen LogP contribution in [0, 0.1) is 0 Å². The van der Waals surface area contributed by atoms with Crippen LogP contribution in [0.25, 0.3) is 6.08 Å². The minimum atomic E-state index is 0.0266. The Balaban J connectivity index is 2.01. The molecule has 0 aliphatic carbocycles. The van der Waals surface area contributed by atoms with Crippen LogP contribution < -0.4 is 4.74 Å². The lowest BCUT2D eigenvalue weighted by Gasteiger charge is -2.07. The van der Waals surface area contributed by atoms with E-state index in [2.05, 4.69) is 15.9 Å². The quantitative estimate of drug-likeness (QED) is 0.799. The minimum absolute atomic E-state index is 0.0266. The molecule has 1 N–H and O–H groups in total. The molecule has 0 aromatic heterocycles. The van der Waals surface area contributed by atoms with E-state index in [0.717, 1.165) is 16.0 Å². The number of ketones is 1. The summed E-state index contributed by atoms with van der Waals surface area (Å²) >= 11 is 4.74. The Morgan fingerprint density at radius 3 is 2.76 bits per heavy atom. The first-order valence-electron chi connectivity index (χ1n) is 6.20. The molecule has 3 rings (SSSR count). The number of fused-ring (bicyclic) bond motifs is 1. The summed E-state index contributed by atoms with van der Waals surface area (Å²) in [5.41, 5.74) is 1.53.